The summed E-state index contributed by atoms with van der Waals surface area (Å²) in [6.45, 7) is 0. The zero-order valence-electron chi connectivity index (χ0n) is 9.31. The number of fused-ring (bicyclic) bond motifs is 1. The second-order valence-corrected chi connectivity index (χ2v) is 4.34. The van der Waals surface area contributed by atoms with Crippen LogP contribution in [0.4, 0.5) is 0 Å². The highest BCUT2D eigenvalue weighted by molar-refractivity contribution is 6.35. The molecule has 3 nitrogen and oxygen atoms in total. The lowest BCUT2D eigenvalue weighted by Crippen LogP contribution is -1.80. The predicted molar refractivity (Wildman–Crippen MR) is 71.3 cm³/mol. The molecule has 0 spiro atoms. The second kappa shape index (κ2) is 4.17. The van der Waals surface area contributed by atoms with Gasteiger partial charge in [0.2, 0.25) is 0 Å². The van der Waals surface area contributed by atoms with Crippen LogP contribution in [0.3, 0.4) is 0 Å². The van der Waals surface area contributed by atoms with Crippen LogP contribution in [-0.2, 0) is 0 Å². The van der Waals surface area contributed by atoms with E-state index in [4.69, 9.17) is 16.9 Å². The minimum Gasteiger partial charge on any atom is -0.339 e. The number of pyridine rings is 1. The van der Waals surface area contributed by atoms with E-state index in [-0.39, 0.29) is 0 Å². The number of hydrogen-bond donors (Lipinski definition) is 1. The summed E-state index contributed by atoms with van der Waals surface area (Å²) in [4.78, 5) is 7.42. The Morgan fingerprint density at radius 3 is 2.89 bits per heavy atom. The molecule has 86 valence electrons. The van der Waals surface area contributed by atoms with E-state index in [1.807, 2.05) is 24.3 Å². The topological polar surface area (TPSA) is 52.5 Å². The first kappa shape index (κ1) is 10.8. The fourth-order valence-electron chi connectivity index (χ4n) is 1.91. The van der Waals surface area contributed by atoms with E-state index >= 15 is 0 Å². The van der Waals surface area contributed by atoms with Crippen LogP contribution < -0.4 is 0 Å². The van der Waals surface area contributed by atoms with Crippen molar-refractivity contribution in [1.29, 1.82) is 5.26 Å². The molecule has 0 radical (unpaired) electrons. The third-order valence-corrected chi connectivity index (χ3v) is 3.11. The standard InChI is InChI=1S/C14H8ClN3/c15-12-4-5-17-14-11(12)7-13(18-14)10-3-1-2-9(6-10)8-16/h1-7H,(H,17,18). The van der Waals surface area contributed by atoms with Gasteiger partial charge < -0.3 is 4.98 Å². The highest BCUT2D eigenvalue weighted by Crippen LogP contribution is 2.27. The molecule has 0 unspecified atom stereocenters. The van der Waals surface area contributed by atoms with E-state index in [0.29, 0.717) is 10.6 Å². The van der Waals surface area contributed by atoms with Crippen molar-refractivity contribution in [3.63, 3.8) is 0 Å². The predicted octanol–water partition coefficient (Wildman–Crippen LogP) is 3.75. The van der Waals surface area contributed by atoms with Gasteiger partial charge in [-0.1, -0.05) is 23.7 Å². The normalized spacial score (nSPS) is 10.4. The molecule has 0 amide bonds. The molecule has 4 heteroatoms. The minimum absolute atomic E-state index is 0.630. The van der Waals surface area contributed by atoms with Gasteiger partial charge in [0.05, 0.1) is 16.7 Å². The van der Waals surface area contributed by atoms with E-state index in [0.717, 1.165) is 22.3 Å². The van der Waals surface area contributed by atoms with E-state index in [9.17, 15) is 0 Å². The van der Waals surface area contributed by atoms with Gasteiger partial charge in [0.25, 0.3) is 0 Å². The maximum atomic E-state index is 8.90. The molecule has 1 aromatic carbocycles. The van der Waals surface area contributed by atoms with Crippen molar-refractivity contribution in [2.45, 2.75) is 0 Å². The van der Waals surface area contributed by atoms with Crippen LogP contribution in [0, 0.1) is 11.3 Å². The van der Waals surface area contributed by atoms with Crippen molar-refractivity contribution in [1.82, 2.24) is 9.97 Å². The lowest BCUT2D eigenvalue weighted by Gasteiger charge is -1.97. The fourth-order valence-corrected chi connectivity index (χ4v) is 2.11. The third-order valence-electron chi connectivity index (χ3n) is 2.78. The Hall–Kier alpha value is -2.31. The summed E-state index contributed by atoms with van der Waals surface area (Å²) >= 11 is 6.10. The molecule has 0 saturated heterocycles. The third kappa shape index (κ3) is 1.73. The Bertz CT molecular complexity index is 768. The summed E-state index contributed by atoms with van der Waals surface area (Å²) in [7, 11) is 0. The number of nitriles is 1. The van der Waals surface area contributed by atoms with Crippen molar-refractivity contribution in [3.05, 3.63) is 53.2 Å². The first-order valence-corrected chi connectivity index (χ1v) is 5.79. The van der Waals surface area contributed by atoms with E-state index < -0.39 is 0 Å². The second-order valence-electron chi connectivity index (χ2n) is 3.93. The number of nitrogens with zero attached hydrogens (tertiary/aromatic N) is 2. The minimum atomic E-state index is 0.630. The molecule has 0 aliphatic rings. The SMILES string of the molecule is N#Cc1cccc(-c2cc3c(Cl)ccnc3[nH]2)c1. The molecule has 3 aromatic rings. The molecule has 2 aromatic heterocycles. The summed E-state index contributed by atoms with van der Waals surface area (Å²) in [5, 5.41) is 10.5. The first-order valence-electron chi connectivity index (χ1n) is 5.42. The van der Waals surface area contributed by atoms with Gasteiger partial charge in [-0.25, -0.2) is 4.98 Å². The molecule has 0 bridgehead atoms. The lowest BCUT2D eigenvalue weighted by atomic mass is 10.1. The molecule has 1 N–H and O–H groups in total. The summed E-state index contributed by atoms with van der Waals surface area (Å²) in [6, 6.07) is 13.2. The van der Waals surface area contributed by atoms with Crippen molar-refractivity contribution < 1.29 is 0 Å². The molecule has 3 rings (SSSR count). The zero-order valence-corrected chi connectivity index (χ0v) is 10.1. The van der Waals surface area contributed by atoms with Gasteiger partial charge in [-0.2, -0.15) is 5.26 Å². The number of benzene rings is 1. The maximum Gasteiger partial charge on any atom is 0.139 e. The van der Waals surface area contributed by atoms with Crippen LogP contribution in [0.1, 0.15) is 5.56 Å². The van der Waals surface area contributed by atoms with Crippen molar-refractivity contribution in [2.24, 2.45) is 0 Å². The number of hydrogen-bond acceptors (Lipinski definition) is 2. The molecule has 2 heterocycles. The highest BCUT2D eigenvalue weighted by Gasteiger charge is 2.07. The Morgan fingerprint density at radius 1 is 1.22 bits per heavy atom. The van der Waals surface area contributed by atoms with Crippen LogP contribution in [0.5, 0.6) is 0 Å². The van der Waals surface area contributed by atoms with E-state index in [2.05, 4.69) is 16.0 Å². The van der Waals surface area contributed by atoms with Gasteiger partial charge in [0.1, 0.15) is 5.65 Å². The van der Waals surface area contributed by atoms with Crippen LogP contribution in [0.15, 0.2) is 42.6 Å². The van der Waals surface area contributed by atoms with Crippen molar-refractivity contribution in [2.75, 3.05) is 0 Å². The van der Waals surface area contributed by atoms with Gasteiger partial charge in [-0.3, -0.25) is 0 Å². The fraction of sp³-hybridized carbons (Fsp3) is 0. The molecule has 0 aliphatic carbocycles. The molecule has 0 atom stereocenters. The average molecular weight is 254 g/mol. The molecule has 18 heavy (non-hydrogen) atoms. The van der Waals surface area contributed by atoms with Crippen LogP contribution >= 0.6 is 11.6 Å². The summed E-state index contributed by atoms with van der Waals surface area (Å²) in [6.07, 6.45) is 1.66. The van der Waals surface area contributed by atoms with Crippen LogP contribution in [0.25, 0.3) is 22.3 Å². The maximum absolute atomic E-state index is 8.90. The molecule has 0 aliphatic heterocycles. The van der Waals surface area contributed by atoms with Crippen molar-refractivity contribution in [3.8, 4) is 17.3 Å². The quantitative estimate of drug-likeness (QED) is 0.718. The van der Waals surface area contributed by atoms with Crippen LogP contribution in [0.2, 0.25) is 5.02 Å². The van der Waals surface area contributed by atoms with Crippen molar-refractivity contribution >= 4 is 22.6 Å². The summed E-state index contributed by atoms with van der Waals surface area (Å²) < 4.78 is 0. The highest BCUT2D eigenvalue weighted by atomic mass is 35.5. The Labute approximate surface area is 109 Å². The van der Waals surface area contributed by atoms with Gasteiger partial charge in [0.15, 0.2) is 0 Å². The molecular formula is C14H8ClN3. The van der Waals surface area contributed by atoms with E-state index in [1.54, 1.807) is 18.3 Å². The number of halogens is 1. The van der Waals surface area contributed by atoms with E-state index in [1.165, 1.54) is 0 Å². The Kier molecular flexibility index (Phi) is 2.51. The van der Waals surface area contributed by atoms with Crippen LogP contribution in [-0.4, -0.2) is 9.97 Å². The molecule has 0 saturated carbocycles. The number of H-pyrrole nitrogens is 1. The summed E-state index contributed by atoms with van der Waals surface area (Å²) in [5.41, 5.74) is 3.23. The average Bonchev–Trinajstić information content (AvgIpc) is 2.84. The Balaban J connectivity index is 2.20. The smallest absolute Gasteiger partial charge is 0.139 e. The first-order chi connectivity index (χ1) is 8.78. The van der Waals surface area contributed by atoms with Gasteiger partial charge in [-0.15, -0.1) is 0 Å². The number of aromatic nitrogens is 2. The number of nitrogens with one attached hydrogen (secondary N) is 1. The lowest BCUT2D eigenvalue weighted by molar-refractivity contribution is 1.32. The van der Waals surface area contributed by atoms with Gasteiger partial charge in [-0.05, 0) is 29.8 Å². The number of rotatable bonds is 1. The zero-order chi connectivity index (χ0) is 12.5. The largest absolute Gasteiger partial charge is 0.339 e. The summed E-state index contributed by atoms with van der Waals surface area (Å²) in [5.74, 6) is 0. The van der Waals surface area contributed by atoms with Gasteiger partial charge >= 0.3 is 0 Å². The van der Waals surface area contributed by atoms with Gasteiger partial charge in [0, 0.05) is 17.3 Å². The Morgan fingerprint density at radius 2 is 2.11 bits per heavy atom. The molecule has 0 fully saturated rings. The monoisotopic (exact) mass is 253 g/mol. The number of aromatic amines is 1. The molecular weight excluding hydrogens is 246 g/mol.